The fraction of sp³-hybridized carbons (Fsp3) is 0.143. The van der Waals surface area contributed by atoms with Gasteiger partial charge in [-0.3, -0.25) is 0 Å². The molecule has 0 aromatic heterocycles. The van der Waals surface area contributed by atoms with E-state index in [2.05, 4.69) is 0 Å². The Balaban J connectivity index is 1.97. The average molecular weight is 491 g/mol. The predicted octanol–water partition coefficient (Wildman–Crippen LogP) is 5.80. The van der Waals surface area contributed by atoms with Gasteiger partial charge in [-0.2, -0.15) is 0 Å². The molecular weight excluding hydrogens is 464 g/mol. The molecule has 7 heteroatoms. The van der Waals surface area contributed by atoms with Gasteiger partial charge in [0.25, 0.3) is 0 Å². The molecule has 0 unspecified atom stereocenters. The zero-order chi connectivity index (χ0) is 25.3. The van der Waals surface area contributed by atoms with Gasteiger partial charge < -0.3 is 20.4 Å². The molecule has 180 valence electrons. The van der Waals surface area contributed by atoms with E-state index in [0.29, 0.717) is 46.2 Å². The summed E-state index contributed by atoms with van der Waals surface area (Å²) in [6.07, 6.45) is 0.674. The Bertz CT molecular complexity index is 1380. The van der Waals surface area contributed by atoms with Crippen molar-refractivity contribution in [3.8, 4) is 45.3 Å². The maximum Gasteiger partial charge on any atom is 0.207 e. The van der Waals surface area contributed by atoms with Gasteiger partial charge in [0.2, 0.25) is 9.84 Å². The van der Waals surface area contributed by atoms with Crippen molar-refractivity contribution in [2.75, 3.05) is 0 Å². The third-order valence-electron chi connectivity index (χ3n) is 6.09. The maximum absolute atomic E-state index is 14.0. The lowest BCUT2D eigenvalue weighted by Gasteiger charge is -2.19. The summed E-state index contributed by atoms with van der Waals surface area (Å²) in [6, 6.07) is 18.0. The van der Waals surface area contributed by atoms with Crippen molar-refractivity contribution < 1.29 is 28.8 Å². The van der Waals surface area contributed by atoms with E-state index in [0.717, 1.165) is 0 Å². The van der Waals surface area contributed by atoms with Crippen molar-refractivity contribution in [3.05, 3.63) is 83.9 Å². The van der Waals surface area contributed by atoms with E-state index in [9.17, 15) is 28.8 Å². The first-order valence-electron chi connectivity index (χ1n) is 11.2. The van der Waals surface area contributed by atoms with Gasteiger partial charge in [0.1, 0.15) is 23.0 Å². The Kier molecular flexibility index (Phi) is 6.45. The van der Waals surface area contributed by atoms with Crippen LogP contribution in [0.15, 0.2) is 82.6 Å². The highest BCUT2D eigenvalue weighted by atomic mass is 32.2. The number of hydrogen-bond acceptors (Lipinski definition) is 6. The Morgan fingerprint density at radius 1 is 0.543 bits per heavy atom. The average Bonchev–Trinajstić information content (AvgIpc) is 2.84. The molecule has 35 heavy (non-hydrogen) atoms. The summed E-state index contributed by atoms with van der Waals surface area (Å²) in [5.41, 5.74) is 2.86. The number of phenolic OH excluding ortho intramolecular Hbond substituents is 4. The van der Waals surface area contributed by atoms with Crippen LogP contribution >= 0.6 is 0 Å². The van der Waals surface area contributed by atoms with Crippen molar-refractivity contribution in [1.82, 2.24) is 0 Å². The second-order valence-electron chi connectivity index (χ2n) is 8.18. The molecule has 6 nitrogen and oxygen atoms in total. The van der Waals surface area contributed by atoms with E-state index in [1.807, 2.05) is 13.8 Å². The summed E-state index contributed by atoms with van der Waals surface area (Å²) in [7, 11) is -4.06. The van der Waals surface area contributed by atoms with E-state index in [1.165, 1.54) is 48.5 Å². The second-order valence-corrected chi connectivity index (χ2v) is 10.1. The minimum absolute atomic E-state index is 0.0577. The van der Waals surface area contributed by atoms with Crippen LogP contribution in [0.2, 0.25) is 0 Å². The first-order valence-corrected chi connectivity index (χ1v) is 12.7. The number of aromatic hydroxyl groups is 4. The fourth-order valence-corrected chi connectivity index (χ4v) is 6.33. The summed E-state index contributed by atoms with van der Waals surface area (Å²) in [5.74, 6) is 0.0115. The molecule has 0 bridgehead atoms. The number of rotatable bonds is 6. The number of sulfone groups is 1. The smallest absolute Gasteiger partial charge is 0.207 e. The van der Waals surface area contributed by atoms with Crippen molar-refractivity contribution in [2.24, 2.45) is 0 Å². The van der Waals surface area contributed by atoms with E-state index in [1.54, 1.807) is 24.3 Å². The number of hydrogen-bond donors (Lipinski definition) is 4. The maximum atomic E-state index is 14.0. The van der Waals surface area contributed by atoms with Crippen LogP contribution in [0.4, 0.5) is 0 Å². The Morgan fingerprint density at radius 2 is 0.886 bits per heavy atom. The minimum atomic E-state index is -4.06. The summed E-state index contributed by atoms with van der Waals surface area (Å²) >= 11 is 0. The normalized spacial score (nSPS) is 11.5. The molecule has 4 aromatic rings. The second kappa shape index (κ2) is 9.35. The standard InChI is InChI=1S/C28H26O6S/c1-3-21-25(15-13-23(31)27(21)17-5-9-19(29)10-6-17)35(33,34)26-16-14-24(32)28(22(26)4-2)18-7-11-20(30)12-8-18/h5-16,29-32H,3-4H2,1-2H3. The molecule has 0 saturated carbocycles. The Labute approximate surface area is 204 Å². The molecule has 4 N–H and O–H groups in total. The van der Waals surface area contributed by atoms with Crippen LogP contribution < -0.4 is 0 Å². The molecule has 0 aliphatic rings. The molecule has 0 aliphatic carbocycles. The van der Waals surface area contributed by atoms with E-state index >= 15 is 0 Å². The van der Waals surface area contributed by atoms with Gasteiger partial charge in [-0.1, -0.05) is 38.1 Å². The van der Waals surface area contributed by atoms with Crippen molar-refractivity contribution in [1.29, 1.82) is 0 Å². The summed E-state index contributed by atoms with van der Waals surface area (Å²) in [6.45, 7) is 3.63. The van der Waals surface area contributed by atoms with Crippen LogP contribution in [0.3, 0.4) is 0 Å². The third kappa shape index (κ3) is 4.31. The van der Waals surface area contributed by atoms with Crippen LogP contribution in [-0.4, -0.2) is 28.8 Å². The summed E-state index contributed by atoms with van der Waals surface area (Å²) in [4.78, 5) is 0.135. The van der Waals surface area contributed by atoms with Crippen molar-refractivity contribution in [2.45, 2.75) is 36.5 Å². The first kappa shape index (κ1) is 24.2. The quantitative estimate of drug-likeness (QED) is 0.272. The SMILES string of the molecule is CCc1c(S(=O)(=O)c2ccc(O)c(-c3ccc(O)cc3)c2CC)ccc(O)c1-c1ccc(O)cc1. The number of phenols is 4. The lowest BCUT2D eigenvalue weighted by molar-refractivity contribution is 0.473. The zero-order valence-electron chi connectivity index (χ0n) is 19.4. The van der Waals surface area contributed by atoms with Crippen LogP contribution in [0.1, 0.15) is 25.0 Å². The highest BCUT2D eigenvalue weighted by molar-refractivity contribution is 7.91. The van der Waals surface area contributed by atoms with E-state index in [-0.39, 0.29) is 32.8 Å². The van der Waals surface area contributed by atoms with E-state index < -0.39 is 9.84 Å². The molecule has 0 saturated heterocycles. The molecular formula is C28H26O6S. The highest BCUT2D eigenvalue weighted by Crippen LogP contribution is 2.42. The Morgan fingerprint density at radius 3 is 1.20 bits per heavy atom. The molecule has 0 amide bonds. The molecule has 0 spiro atoms. The van der Waals surface area contributed by atoms with Gasteiger partial charge >= 0.3 is 0 Å². The largest absolute Gasteiger partial charge is 0.508 e. The zero-order valence-corrected chi connectivity index (χ0v) is 20.2. The minimum Gasteiger partial charge on any atom is -0.508 e. The van der Waals surface area contributed by atoms with Crippen molar-refractivity contribution >= 4 is 9.84 Å². The number of benzene rings is 4. The molecule has 0 fully saturated rings. The lowest BCUT2D eigenvalue weighted by Crippen LogP contribution is -2.10. The summed E-state index contributed by atoms with van der Waals surface area (Å²) < 4.78 is 28.1. The van der Waals surface area contributed by atoms with Gasteiger partial charge in [-0.25, -0.2) is 8.42 Å². The van der Waals surface area contributed by atoms with Gasteiger partial charge in [-0.15, -0.1) is 0 Å². The van der Waals surface area contributed by atoms with Crippen LogP contribution in [0.5, 0.6) is 23.0 Å². The summed E-state index contributed by atoms with van der Waals surface area (Å²) in [5, 5.41) is 40.6. The van der Waals surface area contributed by atoms with Gasteiger partial charge in [0.15, 0.2) is 0 Å². The molecule has 4 rings (SSSR count). The predicted molar refractivity (Wildman–Crippen MR) is 135 cm³/mol. The lowest BCUT2D eigenvalue weighted by atomic mass is 9.96. The van der Waals surface area contributed by atoms with Crippen LogP contribution in [0, 0.1) is 0 Å². The topological polar surface area (TPSA) is 115 Å². The molecule has 0 heterocycles. The highest BCUT2D eigenvalue weighted by Gasteiger charge is 2.28. The van der Waals surface area contributed by atoms with Gasteiger partial charge in [0.05, 0.1) is 9.79 Å². The van der Waals surface area contributed by atoms with Gasteiger partial charge in [-0.05, 0) is 83.6 Å². The molecule has 0 radical (unpaired) electrons. The Hall–Kier alpha value is -3.97. The van der Waals surface area contributed by atoms with Crippen LogP contribution in [-0.2, 0) is 22.7 Å². The van der Waals surface area contributed by atoms with Crippen LogP contribution in [0.25, 0.3) is 22.3 Å². The fourth-order valence-electron chi connectivity index (χ4n) is 4.46. The molecule has 0 atom stereocenters. The molecule has 4 aromatic carbocycles. The van der Waals surface area contributed by atoms with Gasteiger partial charge in [0, 0.05) is 11.1 Å². The first-order chi connectivity index (χ1) is 16.7. The van der Waals surface area contributed by atoms with Crippen molar-refractivity contribution in [3.63, 3.8) is 0 Å². The monoisotopic (exact) mass is 490 g/mol. The molecule has 0 aliphatic heterocycles. The van der Waals surface area contributed by atoms with E-state index in [4.69, 9.17) is 0 Å². The third-order valence-corrected chi connectivity index (χ3v) is 8.02.